The van der Waals surface area contributed by atoms with E-state index in [1.54, 1.807) is 19.3 Å². The Labute approximate surface area is 156 Å². The lowest BCUT2D eigenvalue weighted by Crippen LogP contribution is -2.13. The van der Waals surface area contributed by atoms with Crippen LogP contribution in [0.3, 0.4) is 0 Å². The van der Waals surface area contributed by atoms with Crippen molar-refractivity contribution in [3.63, 3.8) is 0 Å². The van der Waals surface area contributed by atoms with E-state index < -0.39 is 0 Å². The van der Waals surface area contributed by atoms with Crippen LogP contribution in [0, 0.1) is 26.7 Å². The van der Waals surface area contributed by atoms with Crippen LogP contribution in [-0.4, -0.2) is 31.8 Å². The summed E-state index contributed by atoms with van der Waals surface area (Å²) in [5, 5.41) is 6.33. The molecule has 3 heterocycles. The van der Waals surface area contributed by atoms with Crippen LogP contribution >= 0.6 is 0 Å². The molecule has 0 saturated heterocycles. The molecule has 1 saturated carbocycles. The number of aryl methyl sites for hydroxylation is 2. The SMILES string of the molecule is Cc1ccc([C@H]2C[C@@H]2COc2nc(C)ncc2-c2cn[nH]c(=O)c2C)nc1. The molecule has 0 unspecified atom stereocenters. The van der Waals surface area contributed by atoms with Crippen molar-refractivity contribution in [3.8, 4) is 17.0 Å². The summed E-state index contributed by atoms with van der Waals surface area (Å²) in [4.78, 5) is 25.1. The number of H-pyrrole nitrogens is 1. The second-order valence-corrected chi connectivity index (χ2v) is 7.05. The molecule has 2 atom stereocenters. The first-order valence-electron chi connectivity index (χ1n) is 8.96. The molecule has 7 heteroatoms. The minimum absolute atomic E-state index is 0.230. The van der Waals surface area contributed by atoms with Crippen molar-refractivity contribution in [2.24, 2.45) is 5.92 Å². The van der Waals surface area contributed by atoms with E-state index in [0.717, 1.165) is 17.7 Å². The average molecular weight is 363 g/mol. The van der Waals surface area contributed by atoms with E-state index in [-0.39, 0.29) is 5.56 Å². The maximum atomic E-state index is 11.9. The van der Waals surface area contributed by atoms with Crippen LogP contribution in [0.2, 0.25) is 0 Å². The molecule has 0 bridgehead atoms. The Morgan fingerprint density at radius 3 is 2.74 bits per heavy atom. The van der Waals surface area contributed by atoms with Crippen LogP contribution in [0.15, 0.2) is 35.5 Å². The molecule has 0 aliphatic heterocycles. The normalized spacial score (nSPS) is 18.3. The molecule has 0 amide bonds. The van der Waals surface area contributed by atoms with Gasteiger partial charge in [0.25, 0.3) is 5.56 Å². The Morgan fingerprint density at radius 1 is 1.11 bits per heavy atom. The molecule has 4 rings (SSSR count). The third-order valence-electron chi connectivity index (χ3n) is 4.94. The first-order chi connectivity index (χ1) is 13.0. The number of rotatable bonds is 5. The van der Waals surface area contributed by atoms with E-state index >= 15 is 0 Å². The molecule has 7 nitrogen and oxygen atoms in total. The summed E-state index contributed by atoms with van der Waals surface area (Å²) < 4.78 is 6.05. The molecule has 138 valence electrons. The molecular formula is C20H21N5O2. The van der Waals surface area contributed by atoms with E-state index in [1.165, 1.54) is 0 Å². The molecule has 3 aromatic rings. The summed E-state index contributed by atoms with van der Waals surface area (Å²) in [6.07, 6.45) is 6.25. The fraction of sp³-hybridized carbons (Fsp3) is 0.350. The van der Waals surface area contributed by atoms with Crippen molar-refractivity contribution in [1.29, 1.82) is 0 Å². The van der Waals surface area contributed by atoms with Gasteiger partial charge in [0, 0.05) is 41.1 Å². The highest BCUT2D eigenvalue weighted by molar-refractivity contribution is 5.69. The zero-order valence-electron chi connectivity index (χ0n) is 15.6. The van der Waals surface area contributed by atoms with Crippen LogP contribution < -0.4 is 10.3 Å². The fourth-order valence-electron chi connectivity index (χ4n) is 3.15. The first-order valence-corrected chi connectivity index (χ1v) is 8.96. The number of aromatic nitrogens is 5. The predicted octanol–water partition coefficient (Wildman–Crippen LogP) is 2.73. The largest absolute Gasteiger partial charge is 0.477 e. The van der Waals surface area contributed by atoms with Crippen LogP contribution in [0.4, 0.5) is 0 Å². The van der Waals surface area contributed by atoms with Gasteiger partial charge in [-0.25, -0.2) is 10.1 Å². The lowest BCUT2D eigenvalue weighted by Gasteiger charge is -2.12. The Hall–Kier alpha value is -3.09. The van der Waals surface area contributed by atoms with Crippen molar-refractivity contribution < 1.29 is 4.74 Å². The first kappa shape index (κ1) is 17.3. The van der Waals surface area contributed by atoms with Crippen molar-refractivity contribution in [1.82, 2.24) is 25.1 Å². The van der Waals surface area contributed by atoms with Crippen LogP contribution in [0.1, 0.15) is 35.0 Å². The fourth-order valence-corrected chi connectivity index (χ4v) is 3.15. The van der Waals surface area contributed by atoms with Gasteiger partial charge < -0.3 is 4.74 Å². The summed E-state index contributed by atoms with van der Waals surface area (Å²) in [6.45, 7) is 6.16. The van der Waals surface area contributed by atoms with Gasteiger partial charge in [0.1, 0.15) is 5.82 Å². The predicted molar refractivity (Wildman–Crippen MR) is 101 cm³/mol. The van der Waals surface area contributed by atoms with Gasteiger partial charge in [-0.05, 0) is 38.8 Å². The second-order valence-electron chi connectivity index (χ2n) is 7.05. The monoisotopic (exact) mass is 363 g/mol. The minimum Gasteiger partial charge on any atom is -0.477 e. The molecule has 3 aromatic heterocycles. The highest BCUT2D eigenvalue weighted by atomic mass is 16.5. The summed E-state index contributed by atoms with van der Waals surface area (Å²) in [5.41, 5.74) is 3.98. The molecule has 0 spiro atoms. The van der Waals surface area contributed by atoms with Crippen LogP contribution in [0.5, 0.6) is 5.88 Å². The topological polar surface area (TPSA) is 93.7 Å². The highest BCUT2D eigenvalue weighted by Crippen LogP contribution is 2.47. The highest BCUT2D eigenvalue weighted by Gasteiger charge is 2.40. The lowest BCUT2D eigenvalue weighted by molar-refractivity contribution is 0.285. The second kappa shape index (κ2) is 6.90. The van der Waals surface area contributed by atoms with Crippen molar-refractivity contribution in [2.75, 3.05) is 6.61 Å². The standard InChI is InChI=1S/C20H21N5O2/c1-11-4-5-18(22-7-11)15-6-14(15)10-27-20-17(8-21-13(3)24-20)16-9-23-25-19(26)12(16)2/h4-5,7-9,14-15H,6,10H2,1-3H3,(H,25,26)/t14-,15+/m1/s1. The quantitative estimate of drug-likeness (QED) is 0.749. The molecule has 27 heavy (non-hydrogen) atoms. The van der Waals surface area contributed by atoms with Gasteiger partial charge in [-0.2, -0.15) is 10.1 Å². The maximum absolute atomic E-state index is 11.9. The molecule has 0 radical (unpaired) electrons. The zero-order valence-corrected chi connectivity index (χ0v) is 15.6. The number of hydrogen-bond donors (Lipinski definition) is 1. The Kier molecular flexibility index (Phi) is 4.43. The van der Waals surface area contributed by atoms with E-state index in [1.807, 2.05) is 20.0 Å². The molecule has 1 aliphatic rings. The number of nitrogens with one attached hydrogen (secondary N) is 1. The van der Waals surface area contributed by atoms with E-state index in [2.05, 4.69) is 37.3 Å². The molecule has 0 aromatic carbocycles. The van der Waals surface area contributed by atoms with E-state index in [4.69, 9.17) is 4.74 Å². The molecule has 1 aliphatic carbocycles. The Bertz CT molecular complexity index is 1030. The maximum Gasteiger partial charge on any atom is 0.267 e. The van der Waals surface area contributed by atoms with Gasteiger partial charge in [-0.3, -0.25) is 9.78 Å². The molecule has 1 N–H and O–H groups in total. The van der Waals surface area contributed by atoms with E-state index in [9.17, 15) is 4.79 Å². The van der Waals surface area contributed by atoms with Gasteiger partial charge in [0.05, 0.1) is 18.4 Å². The van der Waals surface area contributed by atoms with Crippen molar-refractivity contribution in [2.45, 2.75) is 33.1 Å². The van der Waals surface area contributed by atoms with Crippen LogP contribution in [-0.2, 0) is 0 Å². The van der Waals surface area contributed by atoms with Gasteiger partial charge in [-0.15, -0.1) is 0 Å². The third kappa shape index (κ3) is 3.58. The number of ether oxygens (including phenoxy) is 1. The Morgan fingerprint density at radius 2 is 1.96 bits per heavy atom. The summed E-state index contributed by atoms with van der Waals surface area (Å²) >= 11 is 0. The summed E-state index contributed by atoms with van der Waals surface area (Å²) in [7, 11) is 0. The number of aromatic amines is 1. The van der Waals surface area contributed by atoms with Gasteiger partial charge >= 0.3 is 0 Å². The number of hydrogen-bond acceptors (Lipinski definition) is 6. The summed E-state index contributed by atoms with van der Waals surface area (Å²) in [5.74, 6) is 1.96. The van der Waals surface area contributed by atoms with Crippen LogP contribution in [0.25, 0.3) is 11.1 Å². The summed E-state index contributed by atoms with van der Waals surface area (Å²) in [6, 6.07) is 4.18. The zero-order chi connectivity index (χ0) is 19.0. The van der Waals surface area contributed by atoms with Gasteiger partial charge in [0.2, 0.25) is 5.88 Å². The minimum atomic E-state index is -0.230. The van der Waals surface area contributed by atoms with E-state index in [0.29, 0.717) is 46.8 Å². The number of pyridine rings is 1. The lowest BCUT2D eigenvalue weighted by atomic mass is 10.1. The number of nitrogens with zero attached hydrogens (tertiary/aromatic N) is 4. The Balaban J connectivity index is 1.53. The van der Waals surface area contributed by atoms with Crippen molar-refractivity contribution in [3.05, 3.63) is 63.7 Å². The third-order valence-corrected chi connectivity index (χ3v) is 4.94. The molecule has 1 fully saturated rings. The van der Waals surface area contributed by atoms with Gasteiger partial charge in [-0.1, -0.05) is 6.07 Å². The smallest absolute Gasteiger partial charge is 0.267 e. The average Bonchev–Trinajstić information content (AvgIpc) is 3.43. The van der Waals surface area contributed by atoms with Crippen molar-refractivity contribution >= 4 is 0 Å². The molecular weight excluding hydrogens is 342 g/mol. The van der Waals surface area contributed by atoms with Gasteiger partial charge in [0.15, 0.2) is 0 Å².